The molecule has 2 aromatic carbocycles. The zero-order chi connectivity index (χ0) is 19.6. The van der Waals surface area contributed by atoms with Crippen LogP contribution in [0.5, 0.6) is 17.2 Å². The molecular formula is C19H20N2O6. The van der Waals surface area contributed by atoms with E-state index in [4.69, 9.17) is 18.6 Å². The zero-order valence-electron chi connectivity index (χ0n) is 15.4. The number of rotatable bonds is 6. The van der Waals surface area contributed by atoms with Gasteiger partial charge in [-0.1, -0.05) is 12.1 Å². The molecule has 0 radical (unpaired) electrons. The molecule has 0 aliphatic rings. The van der Waals surface area contributed by atoms with E-state index in [1.165, 1.54) is 25.9 Å². The topological polar surface area (TPSA) is 91.9 Å². The second kappa shape index (κ2) is 7.45. The minimum atomic E-state index is -0.791. The van der Waals surface area contributed by atoms with Gasteiger partial charge < -0.3 is 23.9 Å². The molecule has 1 heterocycles. The van der Waals surface area contributed by atoms with Gasteiger partial charge in [0.25, 0.3) is 0 Å². The summed E-state index contributed by atoms with van der Waals surface area (Å²) in [4.78, 5) is 24.9. The summed E-state index contributed by atoms with van der Waals surface area (Å²) >= 11 is 0. The van der Waals surface area contributed by atoms with Gasteiger partial charge in [-0.15, -0.1) is 0 Å². The average molecular weight is 372 g/mol. The second-order valence-electron chi connectivity index (χ2n) is 5.78. The van der Waals surface area contributed by atoms with Gasteiger partial charge in [0.1, 0.15) is 6.04 Å². The number of hydrogen-bond donors (Lipinski definition) is 1. The largest absolute Gasteiger partial charge is 0.493 e. The van der Waals surface area contributed by atoms with Crippen molar-refractivity contribution in [3.8, 4) is 17.2 Å². The third-order valence-electron chi connectivity index (χ3n) is 4.22. The van der Waals surface area contributed by atoms with Crippen molar-refractivity contribution in [3.63, 3.8) is 0 Å². The average Bonchev–Trinajstić information content (AvgIpc) is 3.01. The molecule has 3 rings (SSSR count). The number of aromatic nitrogens is 1. The van der Waals surface area contributed by atoms with E-state index < -0.39 is 17.7 Å². The number of methoxy groups -OCH3 is 3. The smallest absolute Gasteiger partial charge is 0.420 e. The van der Waals surface area contributed by atoms with Crippen LogP contribution in [0.4, 0.5) is 5.69 Å². The fraction of sp³-hybridized carbons (Fsp3) is 0.263. The number of para-hydroxylation sites is 2. The van der Waals surface area contributed by atoms with Crippen LogP contribution in [-0.4, -0.2) is 31.8 Å². The molecule has 8 heteroatoms. The van der Waals surface area contributed by atoms with Gasteiger partial charge in [0.15, 0.2) is 17.1 Å². The van der Waals surface area contributed by atoms with E-state index in [0.29, 0.717) is 34.0 Å². The van der Waals surface area contributed by atoms with Crippen LogP contribution >= 0.6 is 0 Å². The fourth-order valence-corrected chi connectivity index (χ4v) is 2.87. The maximum atomic E-state index is 12.7. The highest BCUT2D eigenvalue weighted by molar-refractivity contribution is 5.95. The zero-order valence-corrected chi connectivity index (χ0v) is 15.4. The van der Waals surface area contributed by atoms with Crippen LogP contribution in [0, 0.1) is 0 Å². The molecule has 0 unspecified atom stereocenters. The number of anilines is 1. The van der Waals surface area contributed by atoms with E-state index in [-0.39, 0.29) is 0 Å². The molecular weight excluding hydrogens is 352 g/mol. The van der Waals surface area contributed by atoms with E-state index in [1.807, 2.05) is 0 Å². The van der Waals surface area contributed by atoms with Crippen LogP contribution in [0.1, 0.15) is 13.0 Å². The number of carbonyl (C=O) groups is 1. The SMILES string of the molecule is COc1cc(NC(=O)[C@H](C)n2c(=O)oc3ccccc32)cc(OC)c1OC. The number of nitrogens with one attached hydrogen (secondary N) is 1. The molecule has 0 aliphatic heterocycles. The second-order valence-corrected chi connectivity index (χ2v) is 5.78. The van der Waals surface area contributed by atoms with Crippen LogP contribution < -0.4 is 25.3 Å². The van der Waals surface area contributed by atoms with Gasteiger partial charge in [0.05, 0.1) is 26.8 Å². The van der Waals surface area contributed by atoms with Gasteiger partial charge >= 0.3 is 5.76 Å². The lowest BCUT2D eigenvalue weighted by Crippen LogP contribution is -2.29. The predicted octanol–water partition coefficient (Wildman–Crippen LogP) is 2.82. The number of oxazole rings is 1. The first-order valence-electron chi connectivity index (χ1n) is 8.21. The molecule has 8 nitrogen and oxygen atoms in total. The molecule has 0 saturated heterocycles. The Morgan fingerprint density at radius 2 is 1.70 bits per heavy atom. The molecule has 3 aromatic rings. The molecule has 27 heavy (non-hydrogen) atoms. The van der Waals surface area contributed by atoms with Gasteiger partial charge in [-0.25, -0.2) is 4.79 Å². The predicted molar refractivity (Wildman–Crippen MR) is 99.9 cm³/mol. The Kier molecular flexibility index (Phi) is 5.07. The van der Waals surface area contributed by atoms with Crippen molar-refractivity contribution in [2.75, 3.05) is 26.6 Å². The van der Waals surface area contributed by atoms with E-state index in [2.05, 4.69) is 5.32 Å². The molecule has 1 amide bonds. The lowest BCUT2D eigenvalue weighted by Gasteiger charge is -2.16. The molecule has 142 valence electrons. The summed E-state index contributed by atoms with van der Waals surface area (Å²) < 4.78 is 22.3. The van der Waals surface area contributed by atoms with Gasteiger partial charge in [-0.3, -0.25) is 9.36 Å². The lowest BCUT2D eigenvalue weighted by molar-refractivity contribution is -0.118. The first-order valence-corrected chi connectivity index (χ1v) is 8.21. The van der Waals surface area contributed by atoms with Crippen molar-refractivity contribution in [1.82, 2.24) is 4.57 Å². The number of nitrogens with zero attached hydrogens (tertiary/aromatic N) is 1. The van der Waals surface area contributed by atoms with Crippen molar-refractivity contribution >= 4 is 22.7 Å². The van der Waals surface area contributed by atoms with Crippen molar-refractivity contribution in [3.05, 3.63) is 46.9 Å². The number of fused-ring (bicyclic) bond motifs is 1. The fourth-order valence-electron chi connectivity index (χ4n) is 2.87. The Morgan fingerprint density at radius 3 is 2.30 bits per heavy atom. The Balaban J connectivity index is 1.93. The van der Waals surface area contributed by atoms with Crippen LogP contribution in [0.25, 0.3) is 11.1 Å². The summed E-state index contributed by atoms with van der Waals surface area (Å²) in [6.07, 6.45) is 0. The highest BCUT2D eigenvalue weighted by Crippen LogP contribution is 2.40. The Labute approximate surface area is 155 Å². The minimum Gasteiger partial charge on any atom is -0.493 e. The molecule has 1 aromatic heterocycles. The molecule has 0 bridgehead atoms. The van der Waals surface area contributed by atoms with E-state index >= 15 is 0 Å². The number of hydrogen-bond acceptors (Lipinski definition) is 6. The van der Waals surface area contributed by atoms with Gasteiger partial charge in [0, 0.05) is 17.8 Å². The van der Waals surface area contributed by atoms with E-state index in [1.54, 1.807) is 43.3 Å². The summed E-state index contributed by atoms with van der Waals surface area (Å²) in [5.41, 5.74) is 1.42. The molecule has 1 N–H and O–H groups in total. The Hall–Kier alpha value is -3.42. The van der Waals surface area contributed by atoms with Gasteiger partial charge in [0.2, 0.25) is 11.7 Å². The normalized spacial score (nSPS) is 11.9. The molecule has 0 fully saturated rings. The summed E-state index contributed by atoms with van der Waals surface area (Å²) in [6, 6.07) is 9.37. The highest BCUT2D eigenvalue weighted by atomic mass is 16.5. The van der Waals surface area contributed by atoms with E-state index in [0.717, 1.165) is 0 Å². The Morgan fingerprint density at radius 1 is 1.07 bits per heavy atom. The standard InChI is InChI=1S/C19H20N2O6/c1-11(21-13-7-5-6-8-14(13)27-19(21)23)18(22)20-12-9-15(24-2)17(26-4)16(10-12)25-3/h5-11H,1-4H3,(H,20,22)/t11-/m0/s1. The van der Waals surface area contributed by atoms with Gasteiger partial charge in [-0.2, -0.15) is 0 Å². The van der Waals surface area contributed by atoms with Crippen molar-refractivity contribution in [2.45, 2.75) is 13.0 Å². The number of carbonyl (C=O) groups excluding carboxylic acids is 1. The van der Waals surface area contributed by atoms with Crippen molar-refractivity contribution in [2.24, 2.45) is 0 Å². The molecule has 0 spiro atoms. The third-order valence-corrected chi connectivity index (χ3v) is 4.22. The molecule has 0 aliphatic carbocycles. The maximum absolute atomic E-state index is 12.7. The van der Waals surface area contributed by atoms with Gasteiger partial charge in [-0.05, 0) is 19.1 Å². The number of amides is 1. The highest BCUT2D eigenvalue weighted by Gasteiger charge is 2.22. The van der Waals surface area contributed by atoms with E-state index in [9.17, 15) is 9.59 Å². The van der Waals surface area contributed by atoms with Crippen LogP contribution in [0.3, 0.4) is 0 Å². The summed E-state index contributed by atoms with van der Waals surface area (Å²) in [7, 11) is 4.47. The quantitative estimate of drug-likeness (QED) is 0.715. The minimum absolute atomic E-state index is 0.391. The summed E-state index contributed by atoms with van der Waals surface area (Å²) in [5.74, 6) is 0.251. The van der Waals surface area contributed by atoms with Crippen LogP contribution in [0.15, 0.2) is 45.6 Å². The first kappa shape index (κ1) is 18.4. The van der Waals surface area contributed by atoms with Crippen molar-refractivity contribution in [1.29, 1.82) is 0 Å². The van der Waals surface area contributed by atoms with Crippen molar-refractivity contribution < 1.29 is 23.4 Å². The number of ether oxygens (including phenoxy) is 3. The molecule has 0 saturated carbocycles. The maximum Gasteiger partial charge on any atom is 0.420 e. The third kappa shape index (κ3) is 3.33. The first-order chi connectivity index (χ1) is 13.0. The summed E-state index contributed by atoms with van der Waals surface area (Å²) in [6.45, 7) is 1.62. The lowest BCUT2D eigenvalue weighted by atomic mass is 10.2. The number of benzene rings is 2. The Bertz CT molecular complexity index is 1010. The van der Waals surface area contributed by atoms with Crippen LogP contribution in [-0.2, 0) is 4.79 Å². The summed E-state index contributed by atoms with van der Waals surface area (Å²) in [5, 5.41) is 2.77. The monoisotopic (exact) mass is 372 g/mol. The molecule has 1 atom stereocenters. The van der Waals surface area contributed by atoms with Crippen LogP contribution in [0.2, 0.25) is 0 Å².